The Morgan fingerprint density at radius 1 is 1.11 bits per heavy atom. The van der Waals surface area contributed by atoms with Crippen molar-refractivity contribution >= 4 is 0 Å². The summed E-state index contributed by atoms with van der Waals surface area (Å²) in [6.45, 7) is 5.25. The maximum Gasteiger partial charge on any atom is 0.126 e. The summed E-state index contributed by atoms with van der Waals surface area (Å²) in [5.74, 6) is -0.961. The SMILES string of the molecule is CCC(CC)(CNC1CC1)Cc1cc(F)cc(F)c1. The van der Waals surface area contributed by atoms with Crippen molar-refractivity contribution in [2.24, 2.45) is 5.41 Å². The lowest BCUT2D eigenvalue weighted by atomic mass is 9.77. The molecule has 0 aromatic heterocycles. The van der Waals surface area contributed by atoms with Crippen LogP contribution in [0.5, 0.6) is 0 Å². The molecule has 19 heavy (non-hydrogen) atoms. The molecule has 2 rings (SSSR count). The average Bonchev–Trinajstić information content (AvgIpc) is 3.17. The Morgan fingerprint density at radius 3 is 2.16 bits per heavy atom. The van der Waals surface area contributed by atoms with E-state index in [1.54, 1.807) is 0 Å². The third-order valence-corrected chi connectivity index (χ3v) is 4.34. The second-order valence-electron chi connectivity index (χ2n) is 5.82. The minimum Gasteiger partial charge on any atom is -0.313 e. The van der Waals surface area contributed by atoms with E-state index in [0.29, 0.717) is 6.04 Å². The monoisotopic (exact) mass is 267 g/mol. The Kier molecular flexibility index (Phi) is 4.56. The van der Waals surface area contributed by atoms with E-state index >= 15 is 0 Å². The summed E-state index contributed by atoms with van der Waals surface area (Å²) in [5, 5.41) is 3.56. The Bertz CT molecular complexity index is 403. The van der Waals surface area contributed by atoms with Gasteiger partial charge in [-0.05, 0) is 55.2 Å². The van der Waals surface area contributed by atoms with Crippen molar-refractivity contribution in [2.75, 3.05) is 6.54 Å². The Morgan fingerprint density at radius 2 is 1.68 bits per heavy atom. The zero-order valence-corrected chi connectivity index (χ0v) is 11.8. The zero-order chi connectivity index (χ0) is 13.9. The first-order valence-corrected chi connectivity index (χ1v) is 7.25. The topological polar surface area (TPSA) is 12.0 Å². The molecule has 1 aromatic carbocycles. The van der Waals surface area contributed by atoms with Gasteiger partial charge in [-0.3, -0.25) is 0 Å². The first-order chi connectivity index (χ1) is 9.07. The van der Waals surface area contributed by atoms with E-state index in [1.165, 1.54) is 25.0 Å². The maximum absolute atomic E-state index is 13.3. The third kappa shape index (κ3) is 4.00. The molecule has 0 atom stereocenters. The number of hydrogen-bond donors (Lipinski definition) is 1. The highest BCUT2D eigenvalue weighted by Gasteiger charge is 2.30. The number of benzene rings is 1. The fourth-order valence-electron chi connectivity index (χ4n) is 2.61. The summed E-state index contributed by atoms with van der Waals surface area (Å²) in [4.78, 5) is 0. The third-order valence-electron chi connectivity index (χ3n) is 4.34. The highest BCUT2D eigenvalue weighted by molar-refractivity contribution is 5.19. The summed E-state index contributed by atoms with van der Waals surface area (Å²) in [7, 11) is 0. The Balaban J connectivity index is 2.08. The van der Waals surface area contributed by atoms with E-state index in [1.807, 2.05) is 0 Å². The molecule has 0 saturated heterocycles. The van der Waals surface area contributed by atoms with Crippen LogP contribution in [0, 0.1) is 17.0 Å². The molecule has 0 unspecified atom stereocenters. The molecule has 0 amide bonds. The molecule has 3 heteroatoms. The van der Waals surface area contributed by atoms with Gasteiger partial charge in [-0.1, -0.05) is 13.8 Å². The molecule has 0 bridgehead atoms. The van der Waals surface area contributed by atoms with Crippen LogP contribution in [-0.4, -0.2) is 12.6 Å². The fraction of sp³-hybridized carbons (Fsp3) is 0.625. The van der Waals surface area contributed by atoms with Gasteiger partial charge in [0.15, 0.2) is 0 Å². The van der Waals surface area contributed by atoms with Crippen LogP contribution in [0.1, 0.15) is 45.1 Å². The van der Waals surface area contributed by atoms with E-state index in [4.69, 9.17) is 0 Å². The largest absolute Gasteiger partial charge is 0.313 e. The molecule has 0 aliphatic heterocycles. The molecule has 1 aliphatic carbocycles. The van der Waals surface area contributed by atoms with Gasteiger partial charge in [0.1, 0.15) is 11.6 Å². The van der Waals surface area contributed by atoms with Gasteiger partial charge in [0.25, 0.3) is 0 Å². The van der Waals surface area contributed by atoms with E-state index < -0.39 is 11.6 Å². The summed E-state index contributed by atoms with van der Waals surface area (Å²) < 4.78 is 26.6. The molecular formula is C16H23F2N. The highest BCUT2D eigenvalue weighted by Crippen LogP contribution is 2.32. The van der Waals surface area contributed by atoms with Crippen molar-refractivity contribution in [2.45, 2.75) is 52.0 Å². The van der Waals surface area contributed by atoms with Gasteiger partial charge >= 0.3 is 0 Å². The molecule has 106 valence electrons. The number of nitrogens with one attached hydrogen (secondary N) is 1. The second kappa shape index (κ2) is 6.00. The van der Waals surface area contributed by atoms with Crippen molar-refractivity contribution in [1.29, 1.82) is 0 Å². The molecule has 1 N–H and O–H groups in total. The lowest BCUT2D eigenvalue weighted by molar-refractivity contribution is 0.245. The van der Waals surface area contributed by atoms with Crippen molar-refractivity contribution in [1.82, 2.24) is 5.32 Å². The predicted octanol–water partition coefficient (Wildman–Crippen LogP) is 4.07. The van der Waals surface area contributed by atoms with Crippen LogP contribution in [0.25, 0.3) is 0 Å². The molecule has 0 heterocycles. The normalized spacial score (nSPS) is 15.8. The van der Waals surface area contributed by atoms with Crippen molar-refractivity contribution in [3.8, 4) is 0 Å². The molecule has 1 aliphatic rings. The predicted molar refractivity (Wildman–Crippen MR) is 74.1 cm³/mol. The van der Waals surface area contributed by atoms with Crippen molar-refractivity contribution < 1.29 is 8.78 Å². The zero-order valence-electron chi connectivity index (χ0n) is 11.8. The lowest BCUT2D eigenvalue weighted by Gasteiger charge is -2.32. The molecule has 0 spiro atoms. The molecule has 0 radical (unpaired) electrons. The second-order valence-corrected chi connectivity index (χ2v) is 5.82. The first-order valence-electron chi connectivity index (χ1n) is 7.25. The smallest absolute Gasteiger partial charge is 0.126 e. The summed E-state index contributed by atoms with van der Waals surface area (Å²) >= 11 is 0. The quantitative estimate of drug-likeness (QED) is 0.785. The maximum atomic E-state index is 13.3. The van der Waals surface area contributed by atoms with Crippen LogP contribution in [0.15, 0.2) is 18.2 Å². The van der Waals surface area contributed by atoms with Gasteiger partial charge in [0, 0.05) is 18.7 Å². The molecule has 1 fully saturated rings. The van der Waals surface area contributed by atoms with Crippen LogP contribution >= 0.6 is 0 Å². The van der Waals surface area contributed by atoms with Crippen LogP contribution < -0.4 is 5.32 Å². The minimum absolute atomic E-state index is 0.100. The van der Waals surface area contributed by atoms with Gasteiger partial charge in [-0.2, -0.15) is 0 Å². The van der Waals surface area contributed by atoms with E-state index in [-0.39, 0.29) is 5.41 Å². The van der Waals surface area contributed by atoms with Gasteiger partial charge < -0.3 is 5.32 Å². The Hall–Kier alpha value is -0.960. The number of rotatable bonds is 7. The van der Waals surface area contributed by atoms with Crippen LogP contribution in [0.3, 0.4) is 0 Å². The van der Waals surface area contributed by atoms with Gasteiger partial charge in [-0.15, -0.1) is 0 Å². The van der Waals surface area contributed by atoms with Crippen LogP contribution in [-0.2, 0) is 6.42 Å². The Labute approximate surface area is 114 Å². The van der Waals surface area contributed by atoms with E-state index in [2.05, 4.69) is 19.2 Å². The van der Waals surface area contributed by atoms with E-state index in [0.717, 1.165) is 37.4 Å². The van der Waals surface area contributed by atoms with Crippen molar-refractivity contribution in [3.05, 3.63) is 35.4 Å². The summed E-state index contributed by atoms with van der Waals surface area (Å²) in [5.41, 5.74) is 0.863. The highest BCUT2D eigenvalue weighted by atomic mass is 19.1. The standard InChI is InChI=1S/C16H23F2N/c1-3-16(4-2,11-19-15-5-6-15)10-12-7-13(17)9-14(18)8-12/h7-9,15,19H,3-6,10-11H2,1-2H3. The van der Waals surface area contributed by atoms with Crippen LogP contribution in [0.2, 0.25) is 0 Å². The summed E-state index contributed by atoms with van der Waals surface area (Å²) in [6.07, 6.45) is 5.29. The number of hydrogen-bond acceptors (Lipinski definition) is 1. The first kappa shape index (κ1) is 14.4. The molecule has 1 aromatic rings. The van der Waals surface area contributed by atoms with Gasteiger partial charge in [-0.25, -0.2) is 8.78 Å². The summed E-state index contributed by atoms with van der Waals surface area (Å²) in [6, 6.07) is 4.52. The van der Waals surface area contributed by atoms with Crippen LogP contribution in [0.4, 0.5) is 8.78 Å². The van der Waals surface area contributed by atoms with Gasteiger partial charge in [0.2, 0.25) is 0 Å². The average molecular weight is 267 g/mol. The number of halogens is 2. The fourth-order valence-corrected chi connectivity index (χ4v) is 2.61. The molecule has 1 saturated carbocycles. The minimum atomic E-state index is -0.480. The molecule has 1 nitrogen and oxygen atoms in total. The molecular weight excluding hydrogens is 244 g/mol. The van der Waals surface area contributed by atoms with E-state index in [9.17, 15) is 8.78 Å². The van der Waals surface area contributed by atoms with Crippen molar-refractivity contribution in [3.63, 3.8) is 0 Å². The lowest BCUT2D eigenvalue weighted by Crippen LogP contribution is -2.36. The van der Waals surface area contributed by atoms with Gasteiger partial charge in [0.05, 0.1) is 0 Å².